The van der Waals surface area contributed by atoms with E-state index < -0.39 is 0 Å². The SMILES string of the molecule is COc1ccc(CC(=O)NCc2cc3nc(-c4cccc(N)c4C=N)nc(N4CCOCC4)c3s2)cc1. The van der Waals surface area contributed by atoms with Gasteiger partial charge >= 0.3 is 0 Å². The maximum Gasteiger partial charge on any atom is 0.224 e. The molecule has 0 bridgehead atoms. The number of nitrogens with two attached hydrogens (primary N) is 1. The lowest BCUT2D eigenvalue weighted by atomic mass is 10.1. The number of nitrogens with one attached hydrogen (secondary N) is 2. The number of benzene rings is 2. The normalized spacial score (nSPS) is 13.5. The zero-order valence-corrected chi connectivity index (χ0v) is 21.3. The third kappa shape index (κ3) is 5.40. The van der Waals surface area contributed by atoms with Gasteiger partial charge in [-0.2, -0.15) is 0 Å². The highest BCUT2D eigenvalue weighted by Crippen LogP contribution is 2.35. The number of rotatable bonds is 8. The van der Waals surface area contributed by atoms with Crippen LogP contribution in [0.1, 0.15) is 16.0 Å². The molecule has 3 heterocycles. The molecule has 4 aromatic rings. The van der Waals surface area contributed by atoms with Crippen LogP contribution in [-0.2, 0) is 22.5 Å². The van der Waals surface area contributed by atoms with Gasteiger partial charge < -0.3 is 30.8 Å². The molecule has 37 heavy (non-hydrogen) atoms. The topological polar surface area (TPSA) is 126 Å². The van der Waals surface area contributed by atoms with Crippen LogP contribution in [0.4, 0.5) is 11.5 Å². The Labute approximate surface area is 218 Å². The molecule has 190 valence electrons. The molecule has 9 nitrogen and oxygen atoms in total. The van der Waals surface area contributed by atoms with Crippen molar-refractivity contribution in [2.75, 3.05) is 44.0 Å². The number of nitrogen functional groups attached to an aromatic ring is 1. The summed E-state index contributed by atoms with van der Waals surface area (Å²) in [5.74, 6) is 2.06. The predicted octanol–water partition coefficient (Wildman–Crippen LogP) is 3.64. The first kappa shape index (κ1) is 24.7. The molecule has 1 saturated heterocycles. The van der Waals surface area contributed by atoms with Crippen molar-refractivity contribution in [2.45, 2.75) is 13.0 Å². The largest absolute Gasteiger partial charge is 0.497 e. The molecule has 0 unspecified atom stereocenters. The smallest absolute Gasteiger partial charge is 0.224 e. The maximum absolute atomic E-state index is 12.6. The number of methoxy groups -OCH3 is 1. The van der Waals surface area contributed by atoms with Crippen LogP contribution >= 0.6 is 11.3 Å². The average molecular weight is 517 g/mol. The number of hydrogen-bond donors (Lipinski definition) is 3. The first-order valence-electron chi connectivity index (χ1n) is 12.0. The van der Waals surface area contributed by atoms with Crippen LogP contribution in [0.2, 0.25) is 0 Å². The second kappa shape index (κ2) is 10.9. The summed E-state index contributed by atoms with van der Waals surface area (Å²) in [6.45, 7) is 3.12. The highest BCUT2D eigenvalue weighted by molar-refractivity contribution is 7.19. The Balaban J connectivity index is 1.43. The lowest BCUT2D eigenvalue weighted by molar-refractivity contribution is -0.120. The summed E-state index contributed by atoms with van der Waals surface area (Å²) in [4.78, 5) is 25.6. The first-order chi connectivity index (χ1) is 18.1. The van der Waals surface area contributed by atoms with Gasteiger partial charge in [-0.25, -0.2) is 9.97 Å². The van der Waals surface area contributed by atoms with E-state index in [2.05, 4.69) is 10.2 Å². The third-order valence-corrected chi connectivity index (χ3v) is 7.34. The van der Waals surface area contributed by atoms with E-state index in [0.29, 0.717) is 48.8 Å². The Bertz CT molecular complexity index is 1430. The Morgan fingerprint density at radius 2 is 2.00 bits per heavy atom. The summed E-state index contributed by atoms with van der Waals surface area (Å²) >= 11 is 1.58. The van der Waals surface area contributed by atoms with E-state index >= 15 is 0 Å². The lowest BCUT2D eigenvalue weighted by Gasteiger charge is -2.28. The molecule has 2 aromatic heterocycles. The van der Waals surface area contributed by atoms with Gasteiger partial charge in [0.05, 0.1) is 43.5 Å². The molecular weight excluding hydrogens is 488 g/mol. The van der Waals surface area contributed by atoms with Gasteiger partial charge in [0.1, 0.15) is 5.75 Å². The van der Waals surface area contributed by atoms with Crippen molar-refractivity contribution in [1.29, 1.82) is 5.41 Å². The second-order valence-corrected chi connectivity index (χ2v) is 9.79. The third-order valence-electron chi connectivity index (χ3n) is 6.22. The standard InChI is InChI=1S/C27H28N6O3S/c1-35-18-7-5-17(6-8-18)13-24(34)30-16-19-14-23-25(37-19)27(33-9-11-36-12-10-33)32-26(31-23)20-3-2-4-22(29)21(20)15-28/h2-8,14-15,28H,9-13,16,29H2,1H3,(H,30,34). The summed E-state index contributed by atoms with van der Waals surface area (Å²) < 4.78 is 11.7. The molecule has 0 saturated carbocycles. The number of morpholine rings is 1. The van der Waals surface area contributed by atoms with E-state index in [4.69, 9.17) is 30.6 Å². The van der Waals surface area contributed by atoms with Crippen molar-refractivity contribution in [3.05, 3.63) is 64.5 Å². The monoisotopic (exact) mass is 516 g/mol. The minimum absolute atomic E-state index is 0.0572. The number of nitrogens with zero attached hydrogens (tertiary/aromatic N) is 3. The summed E-state index contributed by atoms with van der Waals surface area (Å²) in [6, 6.07) is 15.0. The van der Waals surface area contributed by atoms with Gasteiger partial charge in [0.2, 0.25) is 5.91 Å². The molecule has 0 radical (unpaired) electrons. The van der Waals surface area contributed by atoms with Crippen LogP contribution in [0.15, 0.2) is 48.5 Å². The highest BCUT2D eigenvalue weighted by Gasteiger charge is 2.21. The molecular formula is C27H28N6O3S. The van der Waals surface area contributed by atoms with Gasteiger partial charge in [-0.1, -0.05) is 24.3 Å². The van der Waals surface area contributed by atoms with Crippen LogP contribution < -0.4 is 20.7 Å². The zero-order valence-electron chi connectivity index (χ0n) is 20.5. The summed E-state index contributed by atoms with van der Waals surface area (Å²) in [6.07, 6.45) is 1.53. The number of carbonyl (C=O) groups excluding carboxylic acids is 1. The van der Waals surface area contributed by atoms with Crippen molar-refractivity contribution in [2.24, 2.45) is 0 Å². The van der Waals surface area contributed by atoms with Crippen LogP contribution in [0.3, 0.4) is 0 Å². The van der Waals surface area contributed by atoms with Crippen LogP contribution in [0.25, 0.3) is 21.6 Å². The fraction of sp³-hybridized carbons (Fsp3) is 0.259. The minimum atomic E-state index is -0.0572. The molecule has 0 aliphatic carbocycles. The second-order valence-electron chi connectivity index (χ2n) is 8.65. The molecule has 1 aliphatic rings. The Morgan fingerprint density at radius 1 is 1.22 bits per heavy atom. The zero-order chi connectivity index (χ0) is 25.8. The molecule has 1 fully saturated rings. The highest BCUT2D eigenvalue weighted by atomic mass is 32.1. The van der Waals surface area contributed by atoms with Gasteiger partial charge in [0, 0.05) is 41.0 Å². The van der Waals surface area contributed by atoms with Gasteiger partial charge in [-0.3, -0.25) is 4.79 Å². The quantitative estimate of drug-likeness (QED) is 0.241. The van der Waals surface area contributed by atoms with Crippen molar-refractivity contribution in [1.82, 2.24) is 15.3 Å². The van der Waals surface area contributed by atoms with E-state index in [0.717, 1.165) is 45.3 Å². The number of hydrogen-bond acceptors (Lipinski definition) is 9. The van der Waals surface area contributed by atoms with Gasteiger partial charge in [0.15, 0.2) is 11.6 Å². The van der Waals surface area contributed by atoms with Crippen LogP contribution in [0, 0.1) is 5.41 Å². The van der Waals surface area contributed by atoms with Crippen molar-refractivity contribution in [3.8, 4) is 17.1 Å². The van der Waals surface area contributed by atoms with Gasteiger partial charge in [-0.15, -0.1) is 11.3 Å². The summed E-state index contributed by atoms with van der Waals surface area (Å²) in [7, 11) is 1.62. The Hall–Kier alpha value is -4.02. The molecule has 2 aromatic carbocycles. The van der Waals surface area contributed by atoms with E-state index in [1.54, 1.807) is 24.5 Å². The minimum Gasteiger partial charge on any atom is -0.497 e. The van der Waals surface area contributed by atoms with E-state index in [1.165, 1.54) is 6.21 Å². The molecule has 1 amide bonds. The van der Waals surface area contributed by atoms with Gasteiger partial charge in [-0.05, 0) is 29.8 Å². The van der Waals surface area contributed by atoms with E-state index in [-0.39, 0.29) is 5.91 Å². The van der Waals surface area contributed by atoms with Crippen LogP contribution in [0.5, 0.6) is 5.75 Å². The maximum atomic E-state index is 12.6. The molecule has 10 heteroatoms. The summed E-state index contributed by atoms with van der Waals surface area (Å²) in [5, 5.41) is 10.9. The molecule has 4 N–H and O–H groups in total. The fourth-order valence-electron chi connectivity index (χ4n) is 4.28. The number of carbonyl (C=O) groups is 1. The lowest BCUT2D eigenvalue weighted by Crippen LogP contribution is -2.36. The van der Waals surface area contributed by atoms with Gasteiger partial charge in [0.25, 0.3) is 0 Å². The average Bonchev–Trinajstić information content (AvgIpc) is 3.35. The number of ether oxygens (including phenoxy) is 2. The molecule has 0 atom stereocenters. The number of anilines is 2. The van der Waals surface area contributed by atoms with E-state index in [1.807, 2.05) is 42.5 Å². The van der Waals surface area contributed by atoms with Crippen molar-refractivity contribution >= 4 is 45.2 Å². The molecule has 0 spiro atoms. The Kier molecular flexibility index (Phi) is 7.29. The number of amides is 1. The molecule has 1 aliphatic heterocycles. The number of fused-ring (bicyclic) bond motifs is 1. The van der Waals surface area contributed by atoms with Crippen molar-refractivity contribution in [3.63, 3.8) is 0 Å². The summed E-state index contributed by atoms with van der Waals surface area (Å²) in [5.41, 5.74) is 9.66. The Morgan fingerprint density at radius 3 is 2.73 bits per heavy atom. The predicted molar refractivity (Wildman–Crippen MR) is 147 cm³/mol. The van der Waals surface area contributed by atoms with E-state index in [9.17, 15) is 4.79 Å². The van der Waals surface area contributed by atoms with Crippen molar-refractivity contribution < 1.29 is 14.3 Å². The number of thiophene rings is 1. The molecule has 5 rings (SSSR count). The first-order valence-corrected chi connectivity index (χ1v) is 12.8. The number of aromatic nitrogens is 2. The fourth-order valence-corrected chi connectivity index (χ4v) is 5.33. The van der Waals surface area contributed by atoms with Crippen LogP contribution in [-0.4, -0.2) is 55.5 Å².